The third kappa shape index (κ3) is 11.7. The number of rotatable bonds is 20. The van der Waals surface area contributed by atoms with Crippen LogP contribution in [-0.4, -0.2) is 101 Å². The zero-order chi connectivity index (χ0) is 44.2. The molecule has 1 saturated carbocycles. The van der Waals surface area contributed by atoms with Crippen LogP contribution in [0.4, 0.5) is 23.1 Å². The number of carbonyl (C=O) groups is 3. The first kappa shape index (κ1) is 45.7. The predicted molar refractivity (Wildman–Crippen MR) is 246 cm³/mol. The summed E-state index contributed by atoms with van der Waals surface area (Å²) in [7, 11) is 1.81. The number of pyridine rings is 2. The van der Waals surface area contributed by atoms with Crippen LogP contribution in [-0.2, 0) is 4.79 Å². The van der Waals surface area contributed by atoms with Gasteiger partial charge in [-0.15, -0.1) is 0 Å². The lowest BCUT2D eigenvalue weighted by atomic mass is 10.0. The van der Waals surface area contributed by atoms with Crippen molar-refractivity contribution in [2.75, 3.05) is 68.4 Å². The minimum atomic E-state index is -0.579. The topological polar surface area (TPSA) is 205 Å². The van der Waals surface area contributed by atoms with E-state index in [9.17, 15) is 19.2 Å². The molecule has 7 N–H and O–H groups in total. The number of carbonyl (C=O) groups excluding carboxylic acids is 3. The van der Waals surface area contributed by atoms with Gasteiger partial charge in [0.25, 0.3) is 11.5 Å². The number of hydrogen-bond donors (Lipinski definition) is 6. The third-order valence-corrected chi connectivity index (χ3v) is 12.0. The van der Waals surface area contributed by atoms with E-state index in [1.54, 1.807) is 23.8 Å². The molecule has 1 saturated heterocycles. The number of nitrogens with two attached hydrogens (primary N) is 1. The Bertz CT molecular complexity index is 2280. The van der Waals surface area contributed by atoms with Gasteiger partial charge in [0.1, 0.15) is 11.5 Å². The van der Waals surface area contributed by atoms with Gasteiger partial charge in [0, 0.05) is 80.9 Å². The van der Waals surface area contributed by atoms with Crippen LogP contribution in [0.25, 0.3) is 11.0 Å². The van der Waals surface area contributed by atoms with Gasteiger partial charge in [0.15, 0.2) is 5.78 Å². The molecule has 0 spiro atoms. The molecule has 4 aromatic rings. The number of nitrogens with zero attached hydrogens (tertiary/aromatic N) is 6. The number of hydrogen-bond acceptors (Lipinski definition) is 13. The molecular weight excluding hydrogens is 785 g/mol. The van der Waals surface area contributed by atoms with Crippen molar-refractivity contribution in [3.8, 4) is 0 Å². The number of benzene rings is 1. The van der Waals surface area contributed by atoms with Crippen LogP contribution in [0.2, 0.25) is 0 Å². The predicted octanol–water partition coefficient (Wildman–Crippen LogP) is 5.30. The number of nitrogens with one attached hydrogen (secondary N) is 5. The number of unbranched alkanes of at least 4 members (excludes halogenated alkanes) is 4. The van der Waals surface area contributed by atoms with Crippen molar-refractivity contribution in [1.82, 2.24) is 40.4 Å². The van der Waals surface area contributed by atoms with Gasteiger partial charge in [-0.1, -0.05) is 38.2 Å². The average molecular weight is 849 g/mol. The standard InChI is InChI=1S/C46H64N12O4/c1-30(48-5)26-39(47)53-44(61)36-16-13-17-38(31(36)2)49-20-11-7-6-8-12-21-50-41(60)29-56-22-24-57(25-23-56)35-18-19-40(51-27-35)54-46-52-28-37-32(3)42(33(4)59)45(62)58(43(37)55-46)34-14-9-10-15-34/h13,16-19,26-28,34,39,48-49H,6-12,14-15,20-25,29,47H2,1-5H3,(H,50,60)(H,53,61)(H,51,52,54,55)/b30-26-. The lowest BCUT2D eigenvalue weighted by molar-refractivity contribution is -0.122. The van der Waals surface area contributed by atoms with Crippen LogP contribution in [0.15, 0.2) is 59.3 Å². The van der Waals surface area contributed by atoms with Crippen LogP contribution in [0.3, 0.4) is 0 Å². The molecular formula is C46H64N12O4. The molecule has 0 radical (unpaired) electrons. The second kappa shape index (κ2) is 21.8. The SMILES string of the molecule is CN/C(C)=C\C(N)NC(=O)c1cccc(NCCCCCCCNC(=O)CN2CCN(c3ccc(Nc4ncc5c(C)c(C(C)=O)c(=O)n(C6CCCC6)c5n4)nc3)CC2)c1C. The van der Waals surface area contributed by atoms with E-state index in [4.69, 9.17) is 10.7 Å². The Morgan fingerprint density at radius 3 is 2.32 bits per heavy atom. The minimum absolute atomic E-state index is 0.00742. The summed E-state index contributed by atoms with van der Waals surface area (Å²) in [5.41, 5.74) is 11.5. The van der Waals surface area contributed by atoms with Crippen LogP contribution in [0.1, 0.15) is 110 Å². The maximum absolute atomic E-state index is 13.6. The number of anilines is 4. The molecule has 1 atom stereocenters. The number of aryl methyl sites for hydroxylation is 1. The normalized spacial score (nSPS) is 15.4. The maximum atomic E-state index is 13.6. The monoisotopic (exact) mass is 849 g/mol. The summed E-state index contributed by atoms with van der Waals surface area (Å²) in [6.45, 7) is 12.1. The fourth-order valence-corrected chi connectivity index (χ4v) is 8.42. The Morgan fingerprint density at radius 2 is 1.63 bits per heavy atom. The number of amides is 2. The van der Waals surface area contributed by atoms with Crippen LogP contribution >= 0.6 is 0 Å². The summed E-state index contributed by atoms with van der Waals surface area (Å²) < 4.78 is 1.71. The number of allylic oxidation sites excluding steroid dienone is 1. The van der Waals surface area contributed by atoms with E-state index in [2.05, 4.69) is 46.4 Å². The average Bonchev–Trinajstić information content (AvgIpc) is 3.78. The van der Waals surface area contributed by atoms with Crippen molar-refractivity contribution in [2.45, 2.75) is 97.7 Å². The Balaban J connectivity index is 0.866. The minimum Gasteiger partial charge on any atom is -0.392 e. The van der Waals surface area contributed by atoms with Gasteiger partial charge in [0.05, 0.1) is 30.2 Å². The quantitative estimate of drug-likeness (QED) is 0.0380. The Labute approximate surface area is 364 Å². The second-order valence-electron chi connectivity index (χ2n) is 16.5. The van der Waals surface area contributed by atoms with Crippen LogP contribution < -0.4 is 42.8 Å². The first-order valence-corrected chi connectivity index (χ1v) is 22.1. The summed E-state index contributed by atoms with van der Waals surface area (Å²) >= 11 is 0. The summed E-state index contributed by atoms with van der Waals surface area (Å²) in [6, 6.07) is 9.60. The molecule has 16 heteroatoms. The molecule has 1 unspecified atom stereocenters. The molecule has 2 amide bonds. The molecule has 62 heavy (non-hydrogen) atoms. The molecule has 2 aliphatic rings. The molecule has 6 rings (SSSR count). The van der Waals surface area contributed by atoms with Gasteiger partial charge in [-0.05, 0) is 94.8 Å². The first-order valence-electron chi connectivity index (χ1n) is 22.1. The largest absolute Gasteiger partial charge is 0.392 e. The van der Waals surface area contributed by atoms with Crippen molar-refractivity contribution in [1.29, 1.82) is 0 Å². The van der Waals surface area contributed by atoms with E-state index in [1.165, 1.54) is 6.92 Å². The number of ketones is 1. The Morgan fingerprint density at radius 1 is 0.903 bits per heavy atom. The fourth-order valence-electron chi connectivity index (χ4n) is 8.42. The Kier molecular flexibility index (Phi) is 16.0. The maximum Gasteiger partial charge on any atom is 0.263 e. The van der Waals surface area contributed by atoms with Gasteiger partial charge >= 0.3 is 0 Å². The molecule has 4 heterocycles. The summed E-state index contributed by atoms with van der Waals surface area (Å²) in [5, 5.41) is 16.3. The highest BCUT2D eigenvalue weighted by Crippen LogP contribution is 2.32. The Hall–Kier alpha value is -5.87. The van der Waals surface area contributed by atoms with Gasteiger partial charge in [-0.25, -0.2) is 9.97 Å². The highest BCUT2D eigenvalue weighted by Gasteiger charge is 2.26. The molecule has 2 fully saturated rings. The second-order valence-corrected chi connectivity index (χ2v) is 16.5. The summed E-state index contributed by atoms with van der Waals surface area (Å²) in [4.78, 5) is 69.9. The third-order valence-electron chi connectivity index (χ3n) is 12.0. The number of aromatic nitrogens is 4. The number of fused-ring (bicyclic) bond motifs is 1. The van der Waals surface area contributed by atoms with Crippen molar-refractivity contribution < 1.29 is 14.4 Å². The molecule has 1 aliphatic heterocycles. The van der Waals surface area contributed by atoms with Gasteiger partial charge in [-0.3, -0.25) is 28.6 Å². The summed E-state index contributed by atoms with van der Waals surface area (Å²) in [6.07, 6.45) is 13.7. The zero-order valence-electron chi connectivity index (χ0n) is 37.0. The lowest BCUT2D eigenvalue weighted by Crippen LogP contribution is -2.49. The van der Waals surface area contributed by atoms with E-state index in [0.29, 0.717) is 47.0 Å². The fraction of sp³-hybridized carbons (Fsp3) is 0.500. The van der Waals surface area contributed by atoms with Crippen molar-refractivity contribution >= 4 is 51.8 Å². The number of piperazine rings is 1. The smallest absolute Gasteiger partial charge is 0.263 e. The van der Waals surface area contributed by atoms with Crippen molar-refractivity contribution in [3.63, 3.8) is 0 Å². The first-order chi connectivity index (χ1) is 29.9. The van der Waals surface area contributed by atoms with Crippen LogP contribution in [0.5, 0.6) is 0 Å². The van der Waals surface area contributed by atoms with Crippen LogP contribution in [0, 0.1) is 13.8 Å². The van der Waals surface area contributed by atoms with Gasteiger partial charge in [0.2, 0.25) is 11.9 Å². The number of Topliss-reactive ketones (excluding diaryl/α,β-unsaturated/α-hetero) is 1. The van der Waals surface area contributed by atoms with Gasteiger partial charge < -0.3 is 37.2 Å². The van der Waals surface area contributed by atoms with Crippen molar-refractivity contribution in [3.05, 3.63) is 87.1 Å². The van der Waals surface area contributed by atoms with Crippen molar-refractivity contribution in [2.24, 2.45) is 5.73 Å². The molecule has 1 aliphatic carbocycles. The molecule has 1 aromatic carbocycles. The lowest BCUT2D eigenvalue weighted by Gasteiger charge is -2.35. The molecule has 0 bridgehead atoms. The van der Waals surface area contributed by atoms with E-state index < -0.39 is 6.17 Å². The van der Waals surface area contributed by atoms with E-state index in [-0.39, 0.29) is 34.8 Å². The molecule has 16 nitrogen and oxygen atoms in total. The van der Waals surface area contributed by atoms with E-state index >= 15 is 0 Å². The van der Waals surface area contributed by atoms with E-state index in [1.807, 2.05) is 57.4 Å². The van der Waals surface area contributed by atoms with E-state index in [0.717, 1.165) is 113 Å². The highest BCUT2D eigenvalue weighted by atomic mass is 16.2. The zero-order valence-corrected chi connectivity index (χ0v) is 37.0. The molecule has 3 aromatic heterocycles. The summed E-state index contributed by atoms with van der Waals surface area (Å²) in [5.74, 6) is 0.531. The highest BCUT2D eigenvalue weighted by molar-refractivity contribution is 5.99. The van der Waals surface area contributed by atoms with Gasteiger partial charge in [-0.2, -0.15) is 4.98 Å². The molecule has 332 valence electrons.